The number of halogens is 1. The molecule has 1 rings (SSSR count). The van der Waals surface area contributed by atoms with Crippen LogP contribution in [0.2, 0.25) is 0 Å². The molecule has 94 valence electrons. The van der Waals surface area contributed by atoms with Crippen LogP contribution in [0.1, 0.15) is 25.8 Å². The van der Waals surface area contributed by atoms with E-state index in [2.05, 4.69) is 5.32 Å². The zero-order chi connectivity index (χ0) is 13.1. The van der Waals surface area contributed by atoms with Crippen molar-refractivity contribution in [2.45, 2.75) is 27.2 Å². The van der Waals surface area contributed by atoms with Gasteiger partial charge in [-0.25, -0.2) is 4.39 Å². The van der Waals surface area contributed by atoms with Crippen molar-refractivity contribution >= 4 is 11.7 Å². The molecule has 0 amide bonds. The van der Waals surface area contributed by atoms with E-state index in [0.29, 0.717) is 12.1 Å². The van der Waals surface area contributed by atoms with Crippen LogP contribution < -0.4 is 5.32 Å². The fourth-order valence-corrected chi connectivity index (χ4v) is 1.57. The molecular weight excluding hydrogens is 221 g/mol. The van der Waals surface area contributed by atoms with E-state index in [0.717, 1.165) is 5.69 Å². The number of hydrogen-bond acceptors (Lipinski definition) is 2. The molecular formula is C13H18FNO2. The lowest BCUT2D eigenvalue weighted by atomic mass is 9.89. The average molecular weight is 239 g/mol. The summed E-state index contributed by atoms with van der Waals surface area (Å²) in [6, 6.07) is 4.77. The zero-order valence-electron chi connectivity index (χ0n) is 10.4. The molecule has 2 N–H and O–H groups in total. The van der Waals surface area contributed by atoms with Crippen molar-refractivity contribution in [1.82, 2.24) is 0 Å². The van der Waals surface area contributed by atoms with Crippen LogP contribution in [0.3, 0.4) is 0 Å². The predicted octanol–water partition coefficient (Wildman–Crippen LogP) is 3.05. The summed E-state index contributed by atoms with van der Waals surface area (Å²) in [5, 5.41) is 11.9. The Kier molecular flexibility index (Phi) is 4.10. The van der Waals surface area contributed by atoms with Gasteiger partial charge in [0.05, 0.1) is 6.42 Å². The Morgan fingerprint density at radius 1 is 1.47 bits per heavy atom. The molecule has 0 heterocycles. The molecule has 3 nitrogen and oxygen atoms in total. The molecule has 0 saturated carbocycles. The van der Waals surface area contributed by atoms with Gasteiger partial charge in [0.2, 0.25) is 0 Å². The van der Waals surface area contributed by atoms with Crippen LogP contribution in [0.15, 0.2) is 18.2 Å². The quantitative estimate of drug-likeness (QED) is 0.830. The van der Waals surface area contributed by atoms with Gasteiger partial charge in [0, 0.05) is 12.2 Å². The molecule has 0 aromatic heterocycles. The molecule has 0 aliphatic carbocycles. The van der Waals surface area contributed by atoms with Crippen molar-refractivity contribution in [3.8, 4) is 0 Å². The standard InChI is InChI=1S/C13H18FNO2/c1-9-6-10(4-5-11(9)14)15-8-13(2,3)7-12(16)17/h4-6,15H,7-8H2,1-3H3,(H,16,17). The predicted molar refractivity (Wildman–Crippen MR) is 65.7 cm³/mol. The summed E-state index contributed by atoms with van der Waals surface area (Å²) in [4.78, 5) is 10.6. The first kappa shape index (κ1) is 13.5. The second-order valence-electron chi connectivity index (χ2n) is 5.05. The number of aryl methyl sites for hydroxylation is 1. The van der Waals surface area contributed by atoms with Gasteiger partial charge in [-0.2, -0.15) is 0 Å². The SMILES string of the molecule is Cc1cc(NCC(C)(C)CC(=O)O)ccc1F. The summed E-state index contributed by atoms with van der Waals surface area (Å²) >= 11 is 0. The first-order valence-corrected chi connectivity index (χ1v) is 5.52. The molecule has 4 heteroatoms. The third-order valence-electron chi connectivity index (χ3n) is 2.56. The molecule has 0 spiro atoms. The molecule has 1 aromatic carbocycles. The number of carboxylic acids is 1. The van der Waals surface area contributed by atoms with Crippen LogP contribution in [0.25, 0.3) is 0 Å². The fourth-order valence-electron chi connectivity index (χ4n) is 1.57. The molecule has 0 unspecified atom stereocenters. The van der Waals surface area contributed by atoms with Crippen LogP contribution in [-0.4, -0.2) is 17.6 Å². The summed E-state index contributed by atoms with van der Waals surface area (Å²) in [5.41, 5.74) is 1.04. The molecule has 0 aliphatic rings. The smallest absolute Gasteiger partial charge is 0.303 e. The number of nitrogens with one attached hydrogen (secondary N) is 1. The maximum Gasteiger partial charge on any atom is 0.303 e. The van der Waals surface area contributed by atoms with E-state index in [1.807, 2.05) is 13.8 Å². The summed E-state index contributed by atoms with van der Waals surface area (Å²) in [6.07, 6.45) is 0.0974. The molecule has 0 bridgehead atoms. The summed E-state index contributed by atoms with van der Waals surface area (Å²) in [7, 11) is 0. The van der Waals surface area contributed by atoms with Crippen LogP contribution in [-0.2, 0) is 4.79 Å². The molecule has 0 fully saturated rings. The van der Waals surface area contributed by atoms with Gasteiger partial charge in [0.1, 0.15) is 5.82 Å². The fraction of sp³-hybridized carbons (Fsp3) is 0.462. The van der Waals surface area contributed by atoms with Crippen LogP contribution >= 0.6 is 0 Å². The molecule has 0 saturated heterocycles. The van der Waals surface area contributed by atoms with E-state index in [-0.39, 0.29) is 17.7 Å². The summed E-state index contributed by atoms with van der Waals surface area (Å²) in [6.45, 7) is 5.99. The molecule has 1 aromatic rings. The molecule has 0 atom stereocenters. The number of benzene rings is 1. The van der Waals surface area contributed by atoms with E-state index in [9.17, 15) is 9.18 Å². The third-order valence-corrected chi connectivity index (χ3v) is 2.56. The van der Waals surface area contributed by atoms with Crippen LogP contribution in [0.4, 0.5) is 10.1 Å². The lowest BCUT2D eigenvalue weighted by Crippen LogP contribution is -2.26. The highest BCUT2D eigenvalue weighted by atomic mass is 19.1. The summed E-state index contributed by atoms with van der Waals surface area (Å²) in [5.74, 6) is -1.05. The topological polar surface area (TPSA) is 49.3 Å². The lowest BCUT2D eigenvalue weighted by molar-refractivity contribution is -0.139. The minimum atomic E-state index is -0.813. The van der Waals surface area contributed by atoms with Crippen LogP contribution in [0, 0.1) is 18.2 Å². The van der Waals surface area contributed by atoms with Gasteiger partial charge in [-0.1, -0.05) is 13.8 Å². The van der Waals surface area contributed by atoms with E-state index >= 15 is 0 Å². The largest absolute Gasteiger partial charge is 0.481 e. The first-order chi connectivity index (χ1) is 7.80. The second kappa shape index (κ2) is 5.17. The van der Waals surface area contributed by atoms with Gasteiger partial charge >= 0.3 is 5.97 Å². The number of aliphatic carboxylic acids is 1. The van der Waals surface area contributed by atoms with Crippen molar-refractivity contribution in [3.63, 3.8) is 0 Å². The van der Waals surface area contributed by atoms with E-state index in [1.54, 1.807) is 19.1 Å². The minimum Gasteiger partial charge on any atom is -0.481 e. The zero-order valence-corrected chi connectivity index (χ0v) is 10.4. The summed E-state index contributed by atoms with van der Waals surface area (Å²) < 4.78 is 13.0. The van der Waals surface area contributed by atoms with Gasteiger partial charge in [0.15, 0.2) is 0 Å². The van der Waals surface area contributed by atoms with Gasteiger partial charge in [-0.15, -0.1) is 0 Å². The Morgan fingerprint density at radius 3 is 2.65 bits per heavy atom. The van der Waals surface area contributed by atoms with Crippen molar-refractivity contribution in [2.24, 2.45) is 5.41 Å². The highest BCUT2D eigenvalue weighted by molar-refractivity contribution is 5.67. The molecule has 0 radical (unpaired) electrons. The van der Waals surface area contributed by atoms with Gasteiger partial charge in [0.25, 0.3) is 0 Å². The Bertz CT molecular complexity index is 416. The number of hydrogen-bond donors (Lipinski definition) is 2. The van der Waals surface area contributed by atoms with E-state index in [4.69, 9.17) is 5.11 Å². The van der Waals surface area contributed by atoms with Crippen molar-refractivity contribution < 1.29 is 14.3 Å². The maximum absolute atomic E-state index is 13.0. The van der Waals surface area contributed by atoms with E-state index < -0.39 is 5.97 Å². The van der Waals surface area contributed by atoms with Crippen molar-refractivity contribution in [2.75, 3.05) is 11.9 Å². The van der Waals surface area contributed by atoms with Crippen molar-refractivity contribution in [3.05, 3.63) is 29.6 Å². The second-order valence-corrected chi connectivity index (χ2v) is 5.05. The Morgan fingerprint density at radius 2 is 2.12 bits per heavy atom. The minimum absolute atomic E-state index is 0.0974. The first-order valence-electron chi connectivity index (χ1n) is 5.52. The van der Waals surface area contributed by atoms with Gasteiger partial charge in [-0.05, 0) is 36.1 Å². The number of anilines is 1. The Balaban J connectivity index is 2.60. The normalized spacial score (nSPS) is 11.3. The van der Waals surface area contributed by atoms with Crippen molar-refractivity contribution in [1.29, 1.82) is 0 Å². The maximum atomic E-state index is 13.0. The number of carboxylic acid groups (broad SMARTS) is 1. The number of rotatable bonds is 5. The third kappa shape index (κ3) is 4.43. The Labute approximate surface area is 101 Å². The Hall–Kier alpha value is -1.58. The van der Waals surface area contributed by atoms with Gasteiger partial charge < -0.3 is 10.4 Å². The highest BCUT2D eigenvalue weighted by Gasteiger charge is 2.21. The molecule has 0 aliphatic heterocycles. The highest BCUT2D eigenvalue weighted by Crippen LogP contribution is 2.22. The van der Waals surface area contributed by atoms with E-state index in [1.165, 1.54) is 6.07 Å². The monoisotopic (exact) mass is 239 g/mol. The van der Waals surface area contributed by atoms with Crippen LogP contribution in [0.5, 0.6) is 0 Å². The van der Waals surface area contributed by atoms with Gasteiger partial charge in [-0.3, -0.25) is 4.79 Å². The lowest BCUT2D eigenvalue weighted by Gasteiger charge is -2.23. The average Bonchev–Trinajstić information content (AvgIpc) is 2.18. The number of carbonyl (C=O) groups is 1. The molecule has 17 heavy (non-hydrogen) atoms.